The molecule has 1 aromatic carbocycles. The number of ether oxygens (including phenoxy) is 1. The van der Waals surface area contributed by atoms with Crippen LogP contribution in [0.3, 0.4) is 0 Å². The van der Waals surface area contributed by atoms with Gasteiger partial charge in [-0.05, 0) is 31.2 Å². The molecule has 1 amide bonds. The van der Waals surface area contributed by atoms with Crippen LogP contribution < -0.4 is 15.8 Å². The number of hydrogen-bond acceptors (Lipinski definition) is 7. The zero-order valence-corrected chi connectivity index (χ0v) is 19.3. The summed E-state index contributed by atoms with van der Waals surface area (Å²) in [5.74, 6) is 0.552. The number of carbonyl (C=O) groups excluding carboxylic acids is 1. The van der Waals surface area contributed by atoms with Gasteiger partial charge in [-0.15, -0.1) is 11.3 Å². The highest BCUT2D eigenvalue weighted by Crippen LogP contribution is 2.29. The van der Waals surface area contributed by atoms with Gasteiger partial charge in [-0.25, -0.2) is 0 Å². The molecule has 2 aromatic rings. The van der Waals surface area contributed by atoms with Gasteiger partial charge in [0.2, 0.25) is 0 Å². The van der Waals surface area contributed by atoms with E-state index in [1.807, 2.05) is 37.1 Å². The Balaban J connectivity index is 1.65. The van der Waals surface area contributed by atoms with E-state index >= 15 is 0 Å². The molecule has 9 heteroatoms. The van der Waals surface area contributed by atoms with Crippen LogP contribution in [0.1, 0.15) is 34.1 Å². The predicted octanol–water partition coefficient (Wildman–Crippen LogP) is 3.58. The molecule has 1 unspecified atom stereocenters. The van der Waals surface area contributed by atoms with Crippen LogP contribution in [-0.4, -0.2) is 55.9 Å². The van der Waals surface area contributed by atoms with Crippen molar-refractivity contribution in [2.75, 3.05) is 33.3 Å². The molecular weight excluding hydrogens is 436 g/mol. The molecule has 0 saturated carbocycles. The molecule has 31 heavy (non-hydrogen) atoms. The highest BCUT2D eigenvalue weighted by atomic mass is 35.5. The molecule has 3 N–H and O–H groups in total. The van der Waals surface area contributed by atoms with Gasteiger partial charge in [0.1, 0.15) is 11.9 Å². The minimum Gasteiger partial charge on any atom is -0.493 e. The van der Waals surface area contributed by atoms with Crippen molar-refractivity contribution in [3.63, 3.8) is 0 Å². The summed E-state index contributed by atoms with van der Waals surface area (Å²) in [6.07, 6.45) is 0.327. The molecule has 1 aliphatic heterocycles. The van der Waals surface area contributed by atoms with Crippen LogP contribution in [0.2, 0.25) is 4.34 Å². The highest BCUT2D eigenvalue weighted by Gasteiger charge is 2.25. The number of nitrogens with one attached hydrogen (secondary N) is 1. The van der Waals surface area contributed by atoms with E-state index in [1.54, 1.807) is 12.1 Å². The summed E-state index contributed by atoms with van der Waals surface area (Å²) in [6.45, 7) is 8.25. The predicted molar refractivity (Wildman–Crippen MR) is 126 cm³/mol. The fraction of sp³-hybridized carbons (Fsp3) is 0.364. The molecule has 1 atom stereocenters. The monoisotopic (exact) mass is 462 g/mol. The highest BCUT2D eigenvalue weighted by molar-refractivity contribution is 7.18. The van der Waals surface area contributed by atoms with Crippen LogP contribution in [0.5, 0.6) is 5.75 Å². The van der Waals surface area contributed by atoms with E-state index in [2.05, 4.69) is 17.1 Å². The number of nitrogens with two attached hydrogens (primary N) is 1. The number of benzene rings is 1. The van der Waals surface area contributed by atoms with E-state index in [-0.39, 0.29) is 12.0 Å². The average Bonchev–Trinajstić information content (AvgIpc) is 3.41. The van der Waals surface area contributed by atoms with Gasteiger partial charge < -0.3 is 25.5 Å². The van der Waals surface area contributed by atoms with Crippen molar-refractivity contribution in [3.8, 4) is 5.75 Å². The fourth-order valence-corrected chi connectivity index (χ4v) is 4.15. The van der Waals surface area contributed by atoms with E-state index < -0.39 is 0 Å². The lowest BCUT2D eigenvalue weighted by atomic mass is 10.0. The molecule has 1 aliphatic rings. The fourth-order valence-electron chi connectivity index (χ4n) is 3.19. The minimum atomic E-state index is -0.241. The molecule has 3 rings (SSSR count). The van der Waals surface area contributed by atoms with Gasteiger partial charge >= 0.3 is 0 Å². The van der Waals surface area contributed by atoms with Crippen molar-refractivity contribution in [3.05, 3.63) is 57.3 Å². The largest absolute Gasteiger partial charge is 0.493 e. The second-order valence-electron chi connectivity index (χ2n) is 7.08. The molecule has 0 fully saturated rings. The molecule has 0 aliphatic carbocycles. The van der Waals surface area contributed by atoms with Gasteiger partial charge in [0.05, 0.1) is 28.1 Å². The summed E-state index contributed by atoms with van der Waals surface area (Å²) < 4.78 is 6.45. The first-order chi connectivity index (χ1) is 14.9. The van der Waals surface area contributed by atoms with Crippen molar-refractivity contribution in [1.29, 1.82) is 0 Å². The standard InChI is InChI=1S/C22H27ClN4O3S/c1-4-29-19-11-15(14(2)27(3)10-9-24)5-6-17(19)18-12-16(30-26-18)13-25-22(28)20-7-8-21(23)31-20/h5-8,11,16H,2,4,9-10,12-13,24H2,1,3H3,(H,25,28). The maximum Gasteiger partial charge on any atom is 0.261 e. The number of hydrogen-bond donors (Lipinski definition) is 2. The quantitative estimate of drug-likeness (QED) is 0.563. The Hall–Kier alpha value is -2.55. The number of thiophene rings is 1. The lowest BCUT2D eigenvalue weighted by Gasteiger charge is -2.22. The zero-order valence-electron chi connectivity index (χ0n) is 17.7. The molecule has 7 nitrogen and oxygen atoms in total. The summed E-state index contributed by atoms with van der Waals surface area (Å²) in [4.78, 5) is 20.3. The third-order valence-electron chi connectivity index (χ3n) is 4.87. The topological polar surface area (TPSA) is 89.2 Å². The number of halogens is 1. The lowest BCUT2D eigenvalue weighted by molar-refractivity contribution is 0.0755. The summed E-state index contributed by atoms with van der Waals surface area (Å²) in [5, 5.41) is 7.11. The second kappa shape index (κ2) is 10.7. The number of carbonyl (C=O) groups is 1. The number of rotatable bonds is 10. The van der Waals surface area contributed by atoms with Crippen LogP contribution in [0.25, 0.3) is 5.70 Å². The first-order valence-electron chi connectivity index (χ1n) is 10.1. The number of nitrogens with zero attached hydrogens (tertiary/aromatic N) is 2. The van der Waals surface area contributed by atoms with Crippen molar-refractivity contribution >= 4 is 40.3 Å². The van der Waals surface area contributed by atoms with E-state index in [0.717, 1.165) is 34.8 Å². The Morgan fingerprint density at radius 2 is 2.26 bits per heavy atom. The van der Waals surface area contributed by atoms with Crippen LogP contribution in [0, 0.1) is 0 Å². The van der Waals surface area contributed by atoms with Crippen LogP contribution in [0.15, 0.2) is 42.1 Å². The van der Waals surface area contributed by atoms with E-state index in [0.29, 0.717) is 35.3 Å². The van der Waals surface area contributed by atoms with E-state index in [9.17, 15) is 4.79 Å². The summed E-state index contributed by atoms with van der Waals surface area (Å²) in [7, 11) is 1.96. The molecule has 1 aromatic heterocycles. The Labute approximate surface area is 191 Å². The number of amides is 1. The third-order valence-corrected chi connectivity index (χ3v) is 6.10. The van der Waals surface area contributed by atoms with Crippen LogP contribution in [-0.2, 0) is 4.84 Å². The number of oxime groups is 1. The molecule has 166 valence electrons. The van der Waals surface area contributed by atoms with Crippen molar-refractivity contribution in [2.45, 2.75) is 19.4 Å². The smallest absolute Gasteiger partial charge is 0.261 e. The maximum absolute atomic E-state index is 12.2. The minimum absolute atomic E-state index is 0.173. The average molecular weight is 463 g/mol. The zero-order chi connectivity index (χ0) is 22.4. The van der Waals surface area contributed by atoms with E-state index in [1.165, 1.54) is 11.3 Å². The van der Waals surface area contributed by atoms with E-state index in [4.69, 9.17) is 26.9 Å². The Kier molecular flexibility index (Phi) is 7.95. The van der Waals surface area contributed by atoms with Crippen molar-refractivity contribution in [2.24, 2.45) is 10.9 Å². The van der Waals surface area contributed by atoms with Crippen molar-refractivity contribution < 1.29 is 14.4 Å². The SMILES string of the molecule is C=C(c1ccc(C2=NOC(CNC(=O)c3ccc(Cl)s3)C2)c(OCC)c1)N(C)CCN. The molecule has 0 bridgehead atoms. The summed E-state index contributed by atoms with van der Waals surface area (Å²) >= 11 is 7.13. The van der Waals surface area contributed by atoms with Gasteiger partial charge in [-0.3, -0.25) is 4.79 Å². The Morgan fingerprint density at radius 1 is 1.45 bits per heavy atom. The van der Waals surface area contributed by atoms with Gasteiger partial charge in [0.25, 0.3) is 5.91 Å². The maximum atomic E-state index is 12.2. The normalized spacial score (nSPS) is 15.2. The number of likely N-dealkylation sites (N-methyl/N-ethyl adjacent to an activating group) is 1. The molecule has 0 radical (unpaired) electrons. The molecule has 0 spiro atoms. The van der Waals surface area contributed by atoms with Gasteiger partial charge in [-0.1, -0.05) is 29.4 Å². The first-order valence-corrected chi connectivity index (χ1v) is 11.3. The van der Waals surface area contributed by atoms with Crippen LogP contribution >= 0.6 is 22.9 Å². The second-order valence-corrected chi connectivity index (χ2v) is 8.80. The lowest BCUT2D eigenvalue weighted by Crippen LogP contribution is -2.31. The van der Waals surface area contributed by atoms with Gasteiger partial charge in [0, 0.05) is 43.4 Å². The molecule has 2 heterocycles. The first kappa shape index (κ1) is 23.1. The third kappa shape index (κ3) is 5.78. The summed E-state index contributed by atoms with van der Waals surface area (Å²) in [6, 6.07) is 9.33. The molecule has 0 saturated heterocycles. The summed E-state index contributed by atoms with van der Waals surface area (Å²) in [5.41, 5.74) is 9.14. The Morgan fingerprint density at radius 3 is 2.94 bits per heavy atom. The van der Waals surface area contributed by atoms with Crippen LogP contribution in [0.4, 0.5) is 0 Å². The van der Waals surface area contributed by atoms with Gasteiger partial charge in [0.15, 0.2) is 0 Å². The van der Waals surface area contributed by atoms with Gasteiger partial charge in [-0.2, -0.15) is 0 Å². The Bertz CT molecular complexity index is 975. The molecular formula is C22H27ClN4O3S. The van der Waals surface area contributed by atoms with Crippen molar-refractivity contribution in [1.82, 2.24) is 10.2 Å².